The zero-order valence-corrected chi connectivity index (χ0v) is 17.8. The molecule has 0 radical (unpaired) electrons. The molecule has 0 spiro atoms. The number of rotatable bonds is 5. The number of carbonyl (C=O) groups excluding carboxylic acids is 2. The molecule has 3 aromatic rings. The molecular formula is C22H23N5O2S. The summed E-state index contributed by atoms with van der Waals surface area (Å²) in [6.07, 6.45) is 2.34. The molecule has 0 atom stereocenters. The van der Waals surface area contributed by atoms with E-state index in [0.717, 1.165) is 40.4 Å². The summed E-state index contributed by atoms with van der Waals surface area (Å²) >= 11 is 1.45. The van der Waals surface area contributed by atoms with Gasteiger partial charge in [-0.1, -0.05) is 18.2 Å². The number of anilines is 2. The number of aromatic nitrogens is 2. The molecule has 1 aliphatic heterocycles. The van der Waals surface area contributed by atoms with Gasteiger partial charge in [-0.3, -0.25) is 24.8 Å². The van der Waals surface area contributed by atoms with E-state index in [9.17, 15) is 9.59 Å². The molecule has 0 unspecified atom stereocenters. The number of benzene rings is 1. The minimum Gasteiger partial charge on any atom is -0.325 e. The Morgan fingerprint density at radius 3 is 2.83 bits per heavy atom. The highest BCUT2D eigenvalue weighted by molar-refractivity contribution is 7.15. The van der Waals surface area contributed by atoms with Crippen LogP contribution in [0.25, 0.3) is 0 Å². The summed E-state index contributed by atoms with van der Waals surface area (Å²) in [4.78, 5) is 36.6. The fourth-order valence-electron chi connectivity index (χ4n) is 3.36. The van der Waals surface area contributed by atoms with E-state index in [2.05, 4.69) is 25.5 Å². The van der Waals surface area contributed by atoms with Crippen LogP contribution >= 0.6 is 11.3 Å². The molecule has 8 heteroatoms. The Kier molecular flexibility index (Phi) is 5.87. The van der Waals surface area contributed by atoms with Gasteiger partial charge in [-0.2, -0.15) is 0 Å². The van der Waals surface area contributed by atoms with Crippen molar-refractivity contribution in [3.63, 3.8) is 0 Å². The van der Waals surface area contributed by atoms with Crippen molar-refractivity contribution in [3.05, 3.63) is 70.0 Å². The van der Waals surface area contributed by atoms with E-state index in [1.54, 1.807) is 24.4 Å². The molecule has 30 heavy (non-hydrogen) atoms. The van der Waals surface area contributed by atoms with E-state index < -0.39 is 0 Å². The highest BCUT2D eigenvalue weighted by atomic mass is 32.1. The lowest BCUT2D eigenvalue weighted by molar-refractivity contribution is -0.117. The van der Waals surface area contributed by atoms with Crippen LogP contribution in [0.4, 0.5) is 10.8 Å². The van der Waals surface area contributed by atoms with Crippen LogP contribution < -0.4 is 10.6 Å². The number of fused-ring (bicyclic) bond motifs is 1. The van der Waals surface area contributed by atoms with Gasteiger partial charge >= 0.3 is 0 Å². The van der Waals surface area contributed by atoms with E-state index in [4.69, 9.17) is 0 Å². The number of nitrogens with zero attached hydrogens (tertiary/aromatic N) is 3. The van der Waals surface area contributed by atoms with Gasteiger partial charge in [-0.05, 0) is 43.2 Å². The van der Waals surface area contributed by atoms with Gasteiger partial charge in [0.1, 0.15) is 5.69 Å². The van der Waals surface area contributed by atoms with Crippen LogP contribution in [0, 0.1) is 13.8 Å². The molecular weight excluding hydrogens is 398 g/mol. The van der Waals surface area contributed by atoms with Gasteiger partial charge in [0, 0.05) is 36.3 Å². The van der Waals surface area contributed by atoms with Crippen LogP contribution in [0.2, 0.25) is 0 Å². The van der Waals surface area contributed by atoms with Crippen LogP contribution in [0.5, 0.6) is 0 Å². The molecule has 2 N–H and O–H groups in total. The van der Waals surface area contributed by atoms with Gasteiger partial charge in [-0.25, -0.2) is 4.98 Å². The fourth-order valence-corrected chi connectivity index (χ4v) is 4.40. The second-order valence-corrected chi connectivity index (χ2v) is 8.47. The van der Waals surface area contributed by atoms with Gasteiger partial charge in [0.15, 0.2) is 5.13 Å². The molecule has 4 rings (SSSR count). The zero-order chi connectivity index (χ0) is 21.1. The van der Waals surface area contributed by atoms with Crippen molar-refractivity contribution < 1.29 is 9.59 Å². The number of hydrogen-bond acceptors (Lipinski definition) is 6. The molecule has 0 aliphatic carbocycles. The molecule has 2 aromatic heterocycles. The van der Waals surface area contributed by atoms with Crippen molar-refractivity contribution in [2.45, 2.75) is 26.8 Å². The van der Waals surface area contributed by atoms with Crippen LogP contribution in [0.3, 0.4) is 0 Å². The summed E-state index contributed by atoms with van der Waals surface area (Å²) in [7, 11) is 0. The molecule has 7 nitrogen and oxygen atoms in total. The van der Waals surface area contributed by atoms with E-state index in [1.165, 1.54) is 11.3 Å². The maximum atomic E-state index is 12.5. The average Bonchev–Trinajstić information content (AvgIpc) is 3.12. The number of nitrogens with one attached hydrogen (secondary N) is 2. The maximum absolute atomic E-state index is 12.5. The molecule has 0 saturated heterocycles. The zero-order valence-electron chi connectivity index (χ0n) is 16.9. The van der Waals surface area contributed by atoms with Crippen molar-refractivity contribution in [2.24, 2.45) is 0 Å². The van der Waals surface area contributed by atoms with E-state index in [-0.39, 0.29) is 11.8 Å². The molecule has 2 amide bonds. The SMILES string of the molecule is Cc1ccc(C)c(NC(=O)CN2CCc3nc(NC(=O)c4ccccn4)sc3C2)c1. The Morgan fingerprint density at radius 2 is 2.03 bits per heavy atom. The summed E-state index contributed by atoms with van der Waals surface area (Å²) in [5, 5.41) is 6.41. The average molecular weight is 422 g/mol. The summed E-state index contributed by atoms with van der Waals surface area (Å²) in [6, 6.07) is 11.2. The lowest BCUT2D eigenvalue weighted by Crippen LogP contribution is -2.36. The van der Waals surface area contributed by atoms with Gasteiger partial charge in [-0.15, -0.1) is 11.3 Å². The fraction of sp³-hybridized carbons (Fsp3) is 0.273. The summed E-state index contributed by atoms with van der Waals surface area (Å²) in [5.74, 6) is -0.299. The Labute approximate surface area is 179 Å². The Balaban J connectivity index is 1.36. The third-order valence-corrected chi connectivity index (χ3v) is 5.96. The van der Waals surface area contributed by atoms with Gasteiger partial charge < -0.3 is 5.32 Å². The van der Waals surface area contributed by atoms with Crippen LogP contribution in [-0.4, -0.2) is 39.8 Å². The minimum absolute atomic E-state index is 0.0275. The minimum atomic E-state index is -0.272. The van der Waals surface area contributed by atoms with Crippen LogP contribution in [0.1, 0.15) is 32.2 Å². The molecule has 154 valence electrons. The quantitative estimate of drug-likeness (QED) is 0.659. The molecule has 0 bridgehead atoms. The number of hydrogen-bond donors (Lipinski definition) is 2. The first-order chi connectivity index (χ1) is 14.5. The highest BCUT2D eigenvalue weighted by Gasteiger charge is 2.23. The first-order valence-electron chi connectivity index (χ1n) is 9.78. The Morgan fingerprint density at radius 1 is 1.17 bits per heavy atom. The lowest BCUT2D eigenvalue weighted by atomic mass is 10.1. The summed E-state index contributed by atoms with van der Waals surface area (Å²) < 4.78 is 0. The lowest BCUT2D eigenvalue weighted by Gasteiger charge is -2.25. The first kappa shape index (κ1) is 20.2. The van der Waals surface area contributed by atoms with Gasteiger partial charge in [0.05, 0.1) is 12.2 Å². The highest BCUT2D eigenvalue weighted by Crippen LogP contribution is 2.28. The monoisotopic (exact) mass is 421 g/mol. The molecule has 1 aliphatic rings. The number of pyridine rings is 1. The van der Waals surface area contributed by atoms with Crippen molar-refractivity contribution in [1.82, 2.24) is 14.9 Å². The molecule has 0 saturated carbocycles. The third kappa shape index (κ3) is 4.72. The van der Waals surface area contributed by atoms with Crippen molar-refractivity contribution in [2.75, 3.05) is 23.7 Å². The Hall–Kier alpha value is -3.10. The largest absolute Gasteiger partial charge is 0.325 e. The Bertz CT molecular complexity index is 1080. The molecule has 1 aromatic carbocycles. The van der Waals surface area contributed by atoms with E-state index in [0.29, 0.717) is 23.9 Å². The summed E-state index contributed by atoms with van der Waals surface area (Å²) in [6.45, 7) is 5.72. The second-order valence-electron chi connectivity index (χ2n) is 7.39. The van der Waals surface area contributed by atoms with Crippen molar-refractivity contribution in [1.29, 1.82) is 0 Å². The first-order valence-corrected chi connectivity index (χ1v) is 10.6. The molecule has 0 fully saturated rings. The van der Waals surface area contributed by atoms with Crippen molar-refractivity contribution in [3.8, 4) is 0 Å². The van der Waals surface area contributed by atoms with Crippen LogP contribution in [-0.2, 0) is 17.8 Å². The number of thiazole rings is 1. The molecule has 3 heterocycles. The number of aryl methyl sites for hydroxylation is 2. The smallest absolute Gasteiger partial charge is 0.276 e. The second kappa shape index (κ2) is 8.73. The predicted molar refractivity (Wildman–Crippen MR) is 118 cm³/mol. The number of amides is 2. The standard InChI is InChI=1S/C22H23N5O2S/c1-14-6-7-15(2)18(11-14)24-20(28)13-27-10-8-16-19(12-27)30-22(25-16)26-21(29)17-5-3-4-9-23-17/h3-7,9,11H,8,10,12-13H2,1-2H3,(H,24,28)(H,25,26,29). The topological polar surface area (TPSA) is 87.2 Å². The predicted octanol–water partition coefficient (Wildman–Crippen LogP) is 3.40. The number of carbonyl (C=O) groups is 2. The van der Waals surface area contributed by atoms with E-state index >= 15 is 0 Å². The summed E-state index contributed by atoms with van der Waals surface area (Å²) in [5.41, 5.74) is 4.36. The van der Waals surface area contributed by atoms with Gasteiger partial charge in [0.2, 0.25) is 5.91 Å². The van der Waals surface area contributed by atoms with E-state index in [1.807, 2.05) is 32.0 Å². The normalized spacial score (nSPS) is 13.5. The third-order valence-electron chi connectivity index (χ3n) is 4.96. The van der Waals surface area contributed by atoms with Gasteiger partial charge in [0.25, 0.3) is 5.91 Å². The van der Waals surface area contributed by atoms with Crippen LogP contribution in [0.15, 0.2) is 42.6 Å². The van der Waals surface area contributed by atoms with Crippen molar-refractivity contribution >= 4 is 34.0 Å². The maximum Gasteiger partial charge on any atom is 0.276 e.